The zero-order chi connectivity index (χ0) is 12.8. The molecule has 0 saturated carbocycles. The van der Waals surface area contributed by atoms with E-state index in [9.17, 15) is 9.90 Å². The van der Waals surface area contributed by atoms with E-state index in [2.05, 4.69) is 26.1 Å². The Morgan fingerprint density at radius 3 is 2.71 bits per heavy atom. The highest BCUT2D eigenvalue weighted by atomic mass is 16.4. The Balaban J connectivity index is 2.65. The summed E-state index contributed by atoms with van der Waals surface area (Å²) in [7, 11) is 0. The van der Waals surface area contributed by atoms with Crippen molar-refractivity contribution >= 4 is 11.7 Å². The van der Waals surface area contributed by atoms with Gasteiger partial charge in [0.15, 0.2) is 0 Å². The van der Waals surface area contributed by atoms with Gasteiger partial charge in [0, 0.05) is 5.54 Å². The van der Waals surface area contributed by atoms with Gasteiger partial charge in [-0.05, 0) is 44.2 Å². The molecule has 2 rings (SSSR count). The minimum Gasteiger partial charge on any atom is -0.478 e. The molecule has 1 aliphatic heterocycles. The number of hydrogen-bond donors (Lipinski definition) is 2. The molecule has 3 heteroatoms. The summed E-state index contributed by atoms with van der Waals surface area (Å²) in [5, 5.41) is 12.7. The lowest BCUT2D eigenvalue weighted by Crippen LogP contribution is -2.37. The van der Waals surface area contributed by atoms with Crippen molar-refractivity contribution in [3.8, 4) is 0 Å². The Kier molecular flexibility index (Phi) is 2.64. The molecule has 1 heterocycles. The van der Waals surface area contributed by atoms with Crippen LogP contribution in [0.5, 0.6) is 0 Å². The molecule has 0 aliphatic carbocycles. The standard InChI is InChI=1S/C14H19NO2/c1-8-5-6-10-9(2)7-14(3,4)15-12(10)11(8)13(16)17/h5-6,9,15H,7H2,1-4H3,(H,16,17)/t9-/m0/s1. The Morgan fingerprint density at radius 2 is 2.12 bits per heavy atom. The average molecular weight is 233 g/mol. The van der Waals surface area contributed by atoms with Gasteiger partial charge >= 0.3 is 5.97 Å². The van der Waals surface area contributed by atoms with Crippen molar-refractivity contribution in [2.45, 2.75) is 45.6 Å². The van der Waals surface area contributed by atoms with Crippen LogP contribution in [0.25, 0.3) is 0 Å². The van der Waals surface area contributed by atoms with Crippen LogP contribution in [0.3, 0.4) is 0 Å². The molecule has 17 heavy (non-hydrogen) atoms. The van der Waals surface area contributed by atoms with Gasteiger partial charge in [0.2, 0.25) is 0 Å². The number of aromatic carboxylic acids is 1. The Morgan fingerprint density at radius 1 is 1.47 bits per heavy atom. The normalized spacial score (nSPS) is 21.5. The number of benzene rings is 1. The van der Waals surface area contributed by atoms with Crippen molar-refractivity contribution < 1.29 is 9.90 Å². The average Bonchev–Trinajstić information content (AvgIpc) is 2.13. The maximum atomic E-state index is 11.4. The van der Waals surface area contributed by atoms with E-state index in [-0.39, 0.29) is 5.54 Å². The molecule has 0 aromatic heterocycles. The van der Waals surface area contributed by atoms with Crippen LogP contribution in [0.1, 0.15) is 54.6 Å². The van der Waals surface area contributed by atoms with Crippen molar-refractivity contribution in [2.75, 3.05) is 5.32 Å². The number of carbonyl (C=O) groups is 1. The first-order chi connectivity index (χ1) is 7.82. The Hall–Kier alpha value is -1.51. The fourth-order valence-electron chi connectivity index (χ4n) is 2.81. The van der Waals surface area contributed by atoms with Gasteiger partial charge < -0.3 is 10.4 Å². The maximum absolute atomic E-state index is 11.4. The third-order valence-electron chi connectivity index (χ3n) is 3.47. The van der Waals surface area contributed by atoms with Gasteiger partial charge in [0.1, 0.15) is 0 Å². The monoisotopic (exact) mass is 233 g/mol. The van der Waals surface area contributed by atoms with Crippen LogP contribution in [0.2, 0.25) is 0 Å². The van der Waals surface area contributed by atoms with Crippen molar-refractivity contribution in [2.24, 2.45) is 0 Å². The fraction of sp³-hybridized carbons (Fsp3) is 0.500. The lowest BCUT2D eigenvalue weighted by molar-refractivity contribution is 0.0697. The van der Waals surface area contributed by atoms with Crippen LogP contribution < -0.4 is 5.32 Å². The van der Waals surface area contributed by atoms with Crippen LogP contribution in [-0.4, -0.2) is 16.6 Å². The number of rotatable bonds is 1. The molecule has 0 spiro atoms. The van der Waals surface area contributed by atoms with E-state index in [0.717, 1.165) is 23.2 Å². The Labute approximate surface area is 102 Å². The molecular formula is C14H19NO2. The number of aryl methyl sites for hydroxylation is 1. The van der Waals surface area contributed by atoms with Gasteiger partial charge in [0.25, 0.3) is 0 Å². The molecule has 1 aliphatic rings. The lowest BCUT2D eigenvalue weighted by atomic mass is 9.80. The molecule has 1 aromatic carbocycles. The van der Waals surface area contributed by atoms with E-state index in [1.54, 1.807) is 0 Å². The van der Waals surface area contributed by atoms with Crippen LogP contribution in [0.4, 0.5) is 5.69 Å². The molecule has 0 amide bonds. The maximum Gasteiger partial charge on any atom is 0.338 e. The summed E-state index contributed by atoms with van der Waals surface area (Å²) in [5.41, 5.74) is 3.11. The van der Waals surface area contributed by atoms with Gasteiger partial charge in [-0.1, -0.05) is 19.1 Å². The molecule has 0 unspecified atom stereocenters. The van der Waals surface area contributed by atoms with Gasteiger partial charge in [0.05, 0.1) is 11.3 Å². The highest BCUT2D eigenvalue weighted by Crippen LogP contribution is 2.41. The fourth-order valence-corrected chi connectivity index (χ4v) is 2.81. The SMILES string of the molecule is Cc1ccc2c(c1C(=O)O)NC(C)(C)C[C@@H]2C. The highest BCUT2D eigenvalue weighted by molar-refractivity contribution is 5.97. The summed E-state index contributed by atoms with van der Waals surface area (Å²) < 4.78 is 0. The van der Waals surface area contributed by atoms with Gasteiger partial charge in [-0.2, -0.15) is 0 Å². The first-order valence-corrected chi connectivity index (χ1v) is 5.97. The predicted molar refractivity (Wildman–Crippen MR) is 68.9 cm³/mol. The van der Waals surface area contributed by atoms with Crippen molar-refractivity contribution in [3.63, 3.8) is 0 Å². The highest BCUT2D eigenvalue weighted by Gasteiger charge is 2.32. The summed E-state index contributed by atoms with van der Waals surface area (Å²) in [6.45, 7) is 8.22. The molecule has 0 saturated heterocycles. The smallest absolute Gasteiger partial charge is 0.338 e. The third kappa shape index (κ3) is 2.02. The minimum atomic E-state index is -0.850. The van der Waals surface area contributed by atoms with E-state index >= 15 is 0 Å². The quantitative estimate of drug-likeness (QED) is 0.781. The zero-order valence-corrected chi connectivity index (χ0v) is 10.8. The minimum absolute atomic E-state index is 0.0512. The molecule has 3 nitrogen and oxygen atoms in total. The van der Waals surface area contributed by atoms with E-state index in [1.807, 2.05) is 19.1 Å². The number of hydrogen-bond acceptors (Lipinski definition) is 2. The van der Waals surface area contributed by atoms with Crippen molar-refractivity contribution in [1.82, 2.24) is 0 Å². The van der Waals surface area contributed by atoms with Gasteiger partial charge in [-0.3, -0.25) is 0 Å². The number of anilines is 1. The molecule has 0 bridgehead atoms. The second-order valence-electron chi connectivity index (χ2n) is 5.64. The summed E-state index contributed by atoms with van der Waals surface area (Å²) in [6.07, 6.45) is 1.02. The van der Waals surface area contributed by atoms with E-state index < -0.39 is 5.97 Å². The second-order valence-corrected chi connectivity index (χ2v) is 5.64. The van der Waals surface area contributed by atoms with Gasteiger partial charge in [-0.15, -0.1) is 0 Å². The molecule has 92 valence electrons. The number of carboxylic acids is 1. The van der Waals surface area contributed by atoms with Crippen molar-refractivity contribution in [1.29, 1.82) is 0 Å². The van der Waals surface area contributed by atoms with Crippen LogP contribution in [0, 0.1) is 6.92 Å². The number of fused-ring (bicyclic) bond motifs is 1. The largest absolute Gasteiger partial charge is 0.478 e. The third-order valence-corrected chi connectivity index (χ3v) is 3.47. The van der Waals surface area contributed by atoms with Crippen LogP contribution >= 0.6 is 0 Å². The summed E-state index contributed by atoms with van der Waals surface area (Å²) in [4.78, 5) is 11.4. The van der Waals surface area contributed by atoms with E-state index in [0.29, 0.717) is 11.5 Å². The molecule has 0 radical (unpaired) electrons. The molecule has 1 aromatic rings. The molecule has 1 atom stereocenters. The molecule has 0 fully saturated rings. The van der Waals surface area contributed by atoms with Gasteiger partial charge in [-0.25, -0.2) is 4.79 Å². The summed E-state index contributed by atoms with van der Waals surface area (Å²) in [6, 6.07) is 3.95. The second kappa shape index (κ2) is 3.76. The Bertz CT molecular complexity index is 477. The van der Waals surface area contributed by atoms with Crippen LogP contribution in [0.15, 0.2) is 12.1 Å². The zero-order valence-electron chi connectivity index (χ0n) is 10.8. The van der Waals surface area contributed by atoms with Crippen molar-refractivity contribution in [3.05, 3.63) is 28.8 Å². The lowest BCUT2D eigenvalue weighted by Gasteiger charge is -2.38. The first-order valence-electron chi connectivity index (χ1n) is 5.97. The number of carboxylic acid groups (broad SMARTS) is 1. The topological polar surface area (TPSA) is 49.3 Å². The molecule has 2 N–H and O–H groups in total. The number of nitrogens with one attached hydrogen (secondary N) is 1. The van der Waals surface area contributed by atoms with Crippen LogP contribution in [-0.2, 0) is 0 Å². The predicted octanol–water partition coefficient (Wildman–Crippen LogP) is 3.39. The summed E-state index contributed by atoms with van der Waals surface area (Å²) >= 11 is 0. The summed E-state index contributed by atoms with van der Waals surface area (Å²) in [5.74, 6) is -0.461. The molecular weight excluding hydrogens is 214 g/mol. The van der Waals surface area contributed by atoms with E-state index in [4.69, 9.17) is 0 Å². The first kappa shape index (κ1) is 12.0. The van der Waals surface area contributed by atoms with E-state index in [1.165, 1.54) is 0 Å².